The van der Waals surface area contributed by atoms with Crippen LogP contribution in [0.3, 0.4) is 0 Å². The zero-order valence-electron chi connectivity index (χ0n) is 17.3. The van der Waals surface area contributed by atoms with Crippen molar-refractivity contribution in [3.8, 4) is 11.1 Å². The lowest BCUT2D eigenvalue weighted by atomic mass is 10.0. The molecule has 1 N–H and O–H groups in total. The molecule has 2 atom stereocenters. The summed E-state index contributed by atoms with van der Waals surface area (Å²) in [7, 11) is -2.87. The minimum atomic E-state index is -2.87. The summed E-state index contributed by atoms with van der Waals surface area (Å²) in [5.41, 5.74) is 2.89. The molecule has 0 spiro atoms. The number of carbonyl (C=O) groups is 1. The number of piperazine rings is 1. The number of sulfone groups is 1. The lowest BCUT2D eigenvalue weighted by molar-refractivity contribution is -0.121. The monoisotopic (exact) mass is 427 g/mol. The van der Waals surface area contributed by atoms with Crippen LogP contribution in [0.2, 0.25) is 0 Å². The Bertz CT molecular complexity index is 986. The van der Waals surface area contributed by atoms with Crippen LogP contribution in [-0.2, 0) is 14.6 Å². The van der Waals surface area contributed by atoms with Gasteiger partial charge in [0.25, 0.3) is 0 Å². The molecule has 2 aliphatic rings. The van der Waals surface area contributed by atoms with Crippen LogP contribution in [-0.4, -0.2) is 73.9 Å². The normalized spacial score (nSPS) is 23.2. The zero-order valence-corrected chi connectivity index (χ0v) is 18.1. The average Bonchev–Trinajstić information content (AvgIpc) is 3.14. The summed E-state index contributed by atoms with van der Waals surface area (Å²) >= 11 is 0. The molecule has 0 unspecified atom stereocenters. The van der Waals surface area contributed by atoms with Gasteiger partial charge in [-0.15, -0.1) is 0 Å². The van der Waals surface area contributed by atoms with E-state index in [1.165, 1.54) is 0 Å². The second-order valence-electron chi connectivity index (χ2n) is 8.21. The molecule has 0 saturated carbocycles. The molecule has 2 heterocycles. The molecule has 6 nitrogen and oxygen atoms in total. The molecule has 4 rings (SSSR count). The highest BCUT2D eigenvalue weighted by molar-refractivity contribution is 7.91. The van der Waals surface area contributed by atoms with Gasteiger partial charge in [-0.3, -0.25) is 14.6 Å². The van der Waals surface area contributed by atoms with Crippen LogP contribution in [0.4, 0.5) is 5.69 Å². The van der Waals surface area contributed by atoms with Crippen molar-refractivity contribution < 1.29 is 13.2 Å². The molecule has 2 aliphatic heterocycles. The highest BCUT2D eigenvalue weighted by Gasteiger charge is 2.35. The van der Waals surface area contributed by atoms with Crippen molar-refractivity contribution in [2.24, 2.45) is 0 Å². The number of benzene rings is 2. The van der Waals surface area contributed by atoms with E-state index >= 15 is 0 Å². The molecule has 2 fully saturated rings. The van der Waals surface area contributed by atoms with Crippen LogP contribution in [0.5, 0.6) is 0 Å². The van der Waals surface area contributed by atoms with Gasteiger partial charge in [0.2, 0.25) is 5.91 Å². The second kappa shape index (κ2) is 8.88. The number of hydrogen-bond donors (Lipinski definition) is 1. The van der Waals surface area contributed by atoms with Gasteiger partial charge < -0.3 is 5.32 Å². The summed E-state index contributed by atoms with van der Waals surface area (Å²) < 4.78 is 23.5. The second-order valence-corrected chi connectivity index (χ2v) is 10.4. The number of carbonyl (C=O) groups excluding carboxylic acids is 1. The molecule has 0 aromatic heterocycles. The lowest BCUT2D eigenvalue weighted by Crippen LogP contribution is -2.55. The smallest absolute Gasteiger partial charge is 0.241 e. The fourth-order valence-corrected chi connectivity index (χ4v) is 6.18. The van der Waals surface area contributed by atoms with Crippen LogP contribution in [0, 0.1) is 0 Å². The van der Waals surface area contributed by atoms with Crippen LogP contribution in [0.15, 0.2) is 54.6 Å². The first kappa shape index (κ1) is 21.0. The van der Waals surface area contributed by atoms with Crippen LogP contribution >= 0.6 is 0 Å². The molecule has 0 radical (unpaired) electrons. The van der Waals surface area contributed by atoms with Crippen LogP contribution in [0.1, 0.15) is 13.3 Å². The molecular formula is C23H29N3O3S. The van der Waals surface area contributed by atoms with Crippen molar-refractivity contribution in [2.75, 3.05) is 43.0 Å². The summed E-state index contributed by atoms with van der Waals surface area (Å²) in [4.78, 5) is 17.4. The van der Waals surface area contributed by atoms with E-state index in [0.29, 0.717) is 5.75 Å². The van der Waals surface area contributed by atoms with Crippen molar-refractivity contribution in [3.63, 3.8) is 0 Å². The standard InChI is InChI=1S/C23H29N3O3S/c1-18(25-12-14-26(15-13-25)20-11-16-30(28,29)17-20)23(27)24-22-10-6-5-9-21(22)19-7-3-2-4-8-19/h2-10,18,20H,11-17H2,1H3,(H,24,27)/t18-,20-/m1/s1. The third kappa shape index (κ3) is 4.74. The van der Waals surface area contributed by atoms with Crippen molar-refractivity contribution >= 4 is 21.4 Å². The van der Waals surface area contributed by atoms with E-state index in [1.54, 1.807) is 0 Å². The number of nitrogens with one attached hydrogen (secondary N) is 1. The Kier molecular flexibility index (Phi) is 6.22. The third-order valence-corrected chi connectivity index (χ3v) is 8.02. The first-order valence-corrected chi connectivity index (χ1v) is 12.4. The molecule has 2 aromatic rings. The number of anilines is 1. The van der Waals surface area contributed by atoms with Gasteiger partial charge in [0.1, 0.15) is 0 Å². The molecule has 7 heteroatoms. The van der Waals surface area contributed by atoms with E-state index < -0.39 is 9.84 Å². The number of amides is 1. The number of nitrogens with zero attached hydrogens (tertiary/aromatic N) is 2. The number of rotatable bonds is 5. The quantitative estimate of drug-likeness (QED) is 0.794. The summed E-state index contributed by atoms with van der Waals surface area (Å²) in [5, 5.41) is 3.11. The van der Waals surface area contributed by atoms with Gasteiger partial charge in [-0.25, -0.2) is 8.42 Å². The van der Waals surface area contributed by atoms with Crippen molar-refractivity contribution in [3.05, 3.63) is 54.6 Å². The van der Waals surface area contributed by atoms with E-state index in [9.17, 15) is 13.2 Å². The maximum absolute atomic E-state index is 13.0. The van der Waals surface area contributed by atoms with Crippen LogP contribution < -0.4 is 5.32 Å². The minimum absolute atomic E-state index is 0.0183. The van der Waals surface area contributed by atoms with Gasteiger partial charge in [0.15, 0.2) is 9.84 Å². The Morgan fingerprint density at radius 1 is 1.00 bits per heavy atom. The maximum Gasteiger partial charge on any atom is 0.241 e. The molecule has 0 bridgehead atoms. The van der Waals surface area contributed by atoms with Crippen LogP contribution in [0.25, 0.3) is 11.1 Å². The Hall–Kier alpha value is -2.22. The zero-order chi connectivity index (χ0) is 21.1. The molecule has 30 heavy (non-hydrogen) atoms. The SMILES string of the molecule is C[C@H](C(=O)Nc1ccccc1-c1ccccc1)N1CCN([C@@H]2CCS(=O)(=O)C2)CC1. The topological polar surface area (TPSA) is 69.7 Å². The molecular weight excluding hydrogens is 398 g/mol. The molecule has 1 amide bonds. The lowest BCUT2D eigenvalue weighted by Gasteiger charge is -2.39. The van der Waals surface area contributed by atoms with Gasteiger partial charge in [0, 0.05) is 43.5 Å². The average molecular weight is 428 g/mol. The van der Waals surface area contributed by atoms with Crippen molar-refractivity contribution in [2.45, 2.75) is 25.4 Å². The van der Waals surface area contributed by atoms with Crippen molar-refractivity contribution in [1.29, 1.82) is 0 Å². The van der Waals surface area contributed by atoms with Gasteiger partial charge in [-0.2, -0.15) is 0 Å². The van der Waals surface area contributed by atoms with Crippen molar-refractivity contribution in [1.82, 2.24) is 9.80 Å². The molecule has 2 saturated heterocycles. The Balaban J connectivity index is 1.36. The molecule has 2 aromatic carbocycles. The Morgan fingerprint density at radius 2 is 1.67 bits per heavy atom. The highest BCUT2D eigenvalue weighted by Crippen LogP contribution is 2.28. The van der Waals surface area contributed by atoms with Gasteiger partial charge in [0.05, 0.1) is 17.5 Å². The number of hydrogen-bond acceptors (Lipinski definition) is 5. The maximum atomic E-state index is 13.0. The van der Waals surface area contributed by atoms with Gasteiger partial charge >= 0.3 is 0 Å². The first-order chi connectivity index (χ1) is 14.4. The summed E-state index contributed by atoms with van der Waals surface area (Å²) in [6, 6.07) is 17.8. The predicted molar refractivity (Wildman–Crippen MR) is 120 cm³/mol. The Morgan fingerprint density at radius 3 is 2.33 bits per heavy atom. The van der Waals surface area contributed by atoms with E-state index in [-0.39, 0.29) is 23.7 Å². The van der Waals surface area contributed by atoms with Gasteiger partial charge in [-0.1, -0.05) is 48.5 Å². The van der Waals surface area contributed by atoms with E-state index in [2.05, 4.69) is 15.1 Å². The summed E-state index contributed by atoms with van der Waals surface area (Å²) in [6.07, 6.45) is 0.731. The number of para-hydroxylation sites is 1. The Labute approximate surface area is 178 Å². The summed E-state index contributed by atoms with van der Waals surface area (Å²) in [5.74, 6) is 0.562. The van der Waals surface area contributed by atoms with Gasteiger partial charge in [-0.05, 0) is 25.0 Å². The van der Waals surface area contributed by atoms with E-state index in [4.69, 9.17) is 0 Å². The summed E-state index contributed by atoms with van der Waals surface area (Å²) in [6.45, 7) is 5.09. The fraction of sp³-hybridized carbons (Fsp3) is 0.435. The van der Waals surface area contributed by atoms with E-state index in [0.717, 1.165) is 49.4 Å². The minimum Gasteiger partial charge on any atom is -0.324 e. The molecule has 0 aliphatic carbocycles. The third-order valence-electron chi connectivity index (χ3n) is 6.27. The first-order valence-electron chi connectivity index (χ1n) is 10.6. The van der Waals surface area contributed by atoms with E-state index in [1.807, 2.05) is 61.5 Å². The predicted octanol–water partition coefficient (Wildman–Crippen LogP) is 2.49. The fourth-order valence-electron chi connectivity index (χ4n) is 4.42. The largest absolute Gasteiger partial charge is 0.324 e. The molecule has 160 valence electrons. The highest BCUT2D eigenvalue weighted by atomic mass is 32.2.